The maximum absolute atomic E-state index is 13.6. The van der Waals surface area contributed by atoms with Crippen LogP contribution >= 0.6 is 0 Å². The summed E-state index contributed by atoms with van der Waals surface area (Å²) in [5.41, 5.74) is -0.0896. The number of rotatable bonds is 7. The van der Waals surface area contributed by atoms with E-state index in [1.807, 2.05) is 0 Å². The van der Waals surface area contributed by atoms with Gasteiger partial charge in [0, 0.05) is 17.2 Å². The minimum Gasteiger partial charge on any atom is -0.507 e. The van der Waals surface area contributed by atoms with Gasteiger partial charge in [-0.3, -0.25) is 9.59 Å². The highest BCUT2D eigenvalue weighted by Gasteiger charge is 2.48. The topological polar surface area (TPSA) is 242 Å². The number of fused-ring (bicyclic) bond motifs is 2. The van der Waals surface area contributed by atoms with Crippen molar-refractivity contribution in [2.75, 3.05) is 20.3 Å². The number of aliphatic hydroxyl groups is 7. The van der Waals surface area contributed by atoms with Crippen molar-refractivity contribution >= 4 is 11.6 Å². The maximum atomic E-state index is 13.6. The lowest BCUT2D eigenvalue weighted by Crippen LogP contribution is -2.62. The van der Waals surface area contributed by atoms with Crippen molar-refractivity contribution in [2.24, 2.45) is 0 Å². The number of phenolic OH excluding ortho intramolecular Hbond substituents is 1. The summed E-state index contributed by atoms with van der Waals surface area (Å²) in [6.07, 6.45) is -16.7. The number of carbonyl (C=O) groups is 2. The molecule has 0 spiro atoms. The zero-order chi connectivity index (χ0) is 31.3. The Balaban J connectivity index is 1.41. The Kier molecular flexibility index (Phi) is 8.75. The maximum Gasteiger partial charge on any atom is 0.229 e. The van der Waals surface area contributed by atoms with Gasteiger partial charge in [-0.2, -0.15) is 0 Å². The number of aryl methyl sites for hydroxylation is 1. The fraction of sp³-hybridized carbons (Fsp3) is 0.500. The molecule has 5 rings (SSSR count). The van der Waals surface area contributed by atoms with Crippen LogP contribution in [0.3, 0.4) is 0 Å². The van der Waals surface area contributed by atoms with E-state index in [0.29, 0.717) is 5.56 Å². The summed E-state index contributed by atoms with van der Waals surface area (Å²) in [5, 5.41) is 81.8. The molecule has 10 atom stereocenters. The Hall–Kier alpha value is -3.22. The first-order valence-corrected chi connectivity index (χ1v) is 13.3. The minimum absolute atomic E-state index is 0.0212. The summed E-state index contributed by atoms with van der Waals surface area (Å²) in [6, 6.07) is 5.35. The molecule has 15 nitrogen and oxygen atoms in total. The number of aromatic hydroxyl groups is 1. The van der Waals surface area contributed by atoms with Crippen LogP contribution in [0.2, 0.25) is 0 Å². The number of carbonyl (C=O) groups excluding carboxylic acids is 2. The van der Waals surface area contributed by atoms with Gasteiger partial charge < -0.3 is 64.5 Å². The zero-order valence-electron chi connectivity index (χ0n) is 22.9. The average Bonchev–Trinajstić information content (AvgIpc) is 2.98. The van der Waals surface area contributed by atoms with Gasteiger partial charge in [0.05, 0.1) is 31.5 Å². The van der Waals surface area contributed by atoms with Crippen molar-refractivity contribution in [3.63, 3.8) is 0 Å². The number of ketones is 2. The fourth-order valence-corrected chi connectivity index (χ4v) is 5.34. The van der Waals surface area contributed by atoms with Crippen LogP contribution in [-0.4, -0.2) is 134 Å². The minimum atomic E-state index is -1.88. The third kappa shape index (κ3) is 5.49. The molecule has 1 aliphatic carbocycles. The summed E-state index contributed by atoms with van der Waals surface area (Å²) in [4.78, 5) is 27.0. The van der Waals surface area contributed by atoms with Gasteiger partial charge in [-0.1, -0.05) is 0 Å². The molecule has 2 aromatic rings. The Morgan fingerprint density at radius 2 is 1.35 bits per heavy atom. The Labute approximate surface area is 244 Å². The van der Waals surface area contributed by atoms with E-state index >= 15 is 0 Å². The number of aliphatic hydroxyl groups excluding tert-OH is 7. The van der Waals surface area contributed by atoms with E-state index in [4.69, 9.17) is 23.7 Å². The number of phenols is 1. The summed E-state index contributed by atoms with van der Waals surface area (Å²) >= 11 is 0. The molecule has 8 N–H and O–H groups in total. The second kappa shape index (κ2) is 12.0. The number of hydrogen-bond donors (Lipinski definition) is 8. The molecule has 2 saturated heterocycles. The first kappa shape index (κ1) is 31.2. The molecule has 0 amide bonds. The van der Waals surface area contributed by atoms with E-state index in [9.17, 15) is 50.4 Å². The van der Waals surface area contributed by atoms with Crippen LogP contribution < -0.4 is 9.47 Å². The van der Waals surface area contributed by atoms with E-state index < -0.39 is 91.9 Å². The highest BCUT2D eigenvalue weighted by Crippen LogP contribution is 2.41. The lowest BCUT2D eigenvalue weighted by Gasteiger charge is -2.42. The quantitative estimate of drug-likeness (QED) is 0.138. The second-order valence-electron chi connectivity index (χ2n) is 10.6. The molecule has 0 bridgehead atoms. The predicted molar refractivity (Wildman–Crippen MR) is 140 cm³/mol. The molecule has 3 aliphatic rings. The molecule has 2 aliphatic heterocycles. The summed E-state index contributed by atoms with van der Waals surface area (Å²) < 4.78 is 27.4. The molecule has 2 fully saturated rings. The van der Waals surface area contributed by atoms with Gasteiger partial charge in [-0.15, -0.1) is 0 Å². The predicted octanol–water partition coefficient (Wildman–Crippen LogP) is -2.51. The van der Waals surface area contributed by atoms with Crippen LogP contribution in [0.1, 0.15) is 37.4 Å². The van der Waals surface area contributed by atoms with Crippen LogP contribution in [0.15, 0.2) is 24.3 Å². The van der Waals surface area contributed by atoms with Gasteiger partial charge in [-0.25, -0.2) is 0 Å². The van der Waals surface area contributed by atoms with E-state index in [0.717, 1.165) is 0 Å². The smallest absolute Gasteiger partial charge is 0.229 e. The van der Waals surface area contributed by atoms with Crippen molar-refractivity contribution < 1.29 is 74.1 Å². The molecule has 0 aromatic heterocycles. The lowest BCUT2D eigenvalue weighted by molar-refractivity contribution is -0.323. The van der Waals surface area contributed by atoms with Gasteiger partial charge in [0.2, 0.25) is 12.1 Å². The Bertz CT molecular complexity index is 1390. The summed E-state index contributed by atoms with van der Waals surface area (Å²) in [5.74, 6) is -1.96. The molecule has 2 aromatic carbocycles. The SMILES string of the molecule is COc1cc(O[C@@H]2O[C@H](CO[C@@H]3O[C@H](CO)[C@@H](O)[C@H](O)[C@H]3O)[C@@H](O)[C@H](O)[C@H]2O)c2c(c1)C(=O)c1cc(C)cc(O)c1C2=O. The molecular formula is C28H32O15. The van der Waals surface area contributed by atoms with Crippen molar-refractivity contribution in [3.8, 4) is 17.2 Å². The number of hydrogen-bond acceptors (Lipinski definition) is 15. The van der Waals surface area contributed by atoms with E-state index in [2.05, 4.69) is 0 Å². The number of benzene rings is 2. The highest BCUT2D eigenvalue weighted by molar-refractivity contribution is 6.30. The van der Waals surface area contributed by atoms with Crippen molar-refractivity contribution in [1.82, 2.24) is 0 Å². The lowest BCUT2D eigenvalue weighted by atomic mass is 9.82. The first-order chi connectivity index (χ1) is 20.4. The van der Waals surface area contributed by atoms with Crippen molar-refractivity contribution in [3.05, 3.63) is 52.1 Å². The monoisotopic (exact) mass is 608 g/mol. The first-order valence-electron chi connectivity index (χ1n) is 13.3. The molecule has 234 valence electrons. The van der Waals surface area contributed by atoms with Gasteiger partial charge in [0.1, 0.15) is 66.1 Å². The molecular weight excluding hydrogens is 576 g/mol. The molecule has 0 saturated carbocycles. The average molecular weight is 609 g/mol. The van der Waals surface area contributed by atoms with Crippen molar-refractivity contribution in [1.29, 1.82) is 0 Å². The Morgan fingerprint density at radius 3 is 2.00 bits per heavy atom. The number of ether oxygens (including phenoxy) is 5. The molecule has 15 heteroatoms. The van der Waals surface area contributed by atoms with Gasteiger partial charge in [0.25, 0.3) is 0 Å². The van der Waals surface area contributed by atoms with Gasteiger partial charge in [0.15, 0.2) is 12.1 Å². The molecule has 0 unspecified atom stereocenters. The second-order valence-corrected chi connectivity index (χ2v) is 10.6. The van der Waals surface area contributed by atoms with Crippen LogP contribution in [0.5, 0.6) is 17.2 Å². The van der Waals surface area contributed by atoms with E-state index in [-0.39, 0.29) is 33.8 Å². The summed E-state index contributed by atoms with van der Waals surface area (Å²) in [6.45, 7) is 0.330. The standard InChI is InChI=1S/C28H32O15/c1-9-3-11-17(13(30)4-9)22(34)18-12(19(11)31)5-10(39-2)6-14(18)41-28-26(38)24(36)21(33)16(43-28)8-40-27-25(37)23(35)20(32)15(7-29)42-27/h3-6,15-16,20-21,23-30,32-33,35-38H,7-8H2,1-2H3/t15-,16-,20-,21-,23+,24+,25-,26-,27-,28-/m1/s1. The Morgan fingerprint density at radius 1 is 0.744 bits per heavy atom. The third-order valence-corrected chi connectivity index (χ3v) is 7.70. The van der Waals surface area contributed by atoms with Crippen molar-refractivity contribution in [2.45, 2.75) is 68.3 Å². The third-order valence-electron chi connectivity index (χ3n) is 7.70. The zero-order valence-corrected chi connectivity index (χ0v) is 22.9. The van der Waals surface area contributed by atoms with Crippen LogP contribution in [0.4, 0.5) is 0 Å². The van der Waals surface area contributed by atoms with E-state index in [1.54, 1.807) is 6.92 Å². The molecule has 2 heterocycles. The molecule has 43 heavy (non-hydrogen) atoms. The number of methoxy groups -OCH3 is 1. The van der Waals surface area contributed by atoms with Crippen LogP contribution in [0, 0.1) is 6.92 Å². The van der Waals surface area contributed by atoms with Crippen LogP contribution in [0.25, 0.3) is 0 Å². The van der Waals surface area contributed by atoms with Gasteiger partial charge >= 0.3 is 0 Å². The van der Waals surface area contributed by atoms with E-state index in [1.165, 1.54) is 31.4 Å². The molecule has 0 radical (unpaired) electrons. The fourth-order valence-electron chi connectivity index (χ4n) is 5.34. The normalized spacial score (nSPS) is 34.0. The highest BCUT2D eigenvalue weighted by atomic mass is 16.7. The largest absolute Gasteiger partial charge is 0.507 e. The van der Waals surface area contributed by atoms with Gasteiger partial charge in [-0.05, 0) is 30.7 Å². The van der Waals surface area contributed by atoms with Crippen LogP contribution in [-0.2, 0) is 14.2 Å². The summed E-state index contributed by atoms with van der Waals surface area (Å²) in [7, 11) is 1.31.